The fraction of sp³-hybridized carbons (Fsp3) is 0.406. The minimum absolute atomic E-state index is 0.0215. The Bertz CT molecular complexity index is 1630. The summed E-state index contributed by atoms with van der Waals surface area (Å²) in [6.45, 7) is 4.12. The summed E-state index contributed by atoms with van der Waals surface area (Å²) in [6, 6.07) is 9.53. The second-order valence-corrected chi connectivity index (χ2v) is 12.0. The van der Waals surface area contributed by atoms with Crippen LogP contribution in [0.5, 0.6) is 5.75 Å². The average Bonchev–Trinajstić information content (AvgIpc) is 2.94. The number of hydrogen-bond acceptors (Lipinski definition) is 10. The normalized spacial score (nSPS) is 27.7. The van der Waals surface area contributed by atoms with E-state index in [0.29, 0.717) is 22.4 Å². The molecule has 2 unspecified atom stereocenters. The molecular formula is C32H32N2O10. The smallest absolute Gasteiger partial charge is 0.303 e. The molecule has 0 spiro atoms. The summed E-state index contributed by atoms with van der Waals surface area (Å²) in [5.41, 5.74) is 4.62. The highest BCUT2D eigenvalue weighted by molar-refractivity contribution is 6.32. The maximum absolute atomic E-state index is 14.0. The van der Waals surface area contributed by atoms with E-state index in [4.69, 9.17) is 5.73 Å². The van der Waals surface area contributed by atoms with E-state index in [2.05, 4.69) is 10.1 Å². The van der Waals surface area contributed by atoms with E-state index in [1.54, 1.807) is 44.2 Å². The molecule has 0 aromatic heterocycles. The fourth-order valence-electron chi connectivity index (χ4n) is 7.22. The van der Waals surface area contributed by atoms with Crippen LogP contribution in [0.3, 0.4) is 0 Å². The summed E-state index contributed by atoms with van der Waals surface area (Å²) in [6.07, 6.45) is 0.105. The van der Waals surface area contributed by atoms with Gasteiger partial charge >= 0.3 is 5.97 Å². The first-order chi connectivity index (χ1) is 20.7. The van der Waals surface area contributed by atoms with E-state index < -0.39 is 88.6 Å². The van der Waals surface area contributed by atoms with Crippen LogP contribution in [0.15, 0.2) is 36.4 Å². The molecule has 2 amide bonds. The SMILES string of the molecule is CC(=O)OCC(=O)Nc1ccc(-c2ccc(O)c3c2C[C@H]2C[C@H]4[C@H](C(C)C)C(=O)C(C(N)=O)C(=O)[C@@]4(O)C(=O)C2C3=O)cc1. The number of amides is 2. The van der Waals surface area contributed by atoms with Crippen LogP contribution in [-0.2, 0) is 39.9 Å². The number of anilines is 1. The van der Waals surface area contributed by atoms with Crippen LogP contribution in [0.1, 0.15) is 43.1 Å². The number of benzene rings is 2. The van der Waals surface area contributed by atoms with Gasteiger partial charge in [-0.2, -0.15) is 0 Å². The first-order valence-corrected chi connectivity index (χ1v) is 14.2. The highest BCUT2D eigenvalue weighted by Gasteiger charge is 2.69. The van der Waals surface area contributed by atoms with Crippen LogP contribution in [0.2, 0.25) is 0 Å². The number of carbonyl (C=O) groups excluding carboxylic acids is 7. The Labute approximate surface area is 251 Å². The number of nitrogens with one attached hydrogen (secondary N) is 1. The number of carbonyl (C=O) groups is 7. The second kappa shape index (κ2) is 11.1. The second-order valence-electron chi connectivity index (χ2n) is 12.0. The van der Waals surface area contributed by atoms with E-state index in [0.717, 1.165) is 0 Å². The summed E-state index contributed by atoms with van der Waals surface area (Å²) < 4.78 is 4.69. The monoisotopic (exact) mass is 604 g/mol. The number of primary amides is 1. The summed E-state index contributed by atoms with van der Waals surface area (Å²) in [5, 5.41) is 25.1. The summed E-state index contributed by atoms with van der Waals surface area (Å²) in [5.74, 6) is -13.4. The first-order valence-electron chi connectivity index (χ1n) is 14.2. The van der Waals surface area contributed by atoms with Crippen LogP contribution in [0.4, 0.5) is 5.69 Å². The molecule has 0 aliphatic heterocycles. The van der Waals surface area contributed by atoms with Gasteiger partial charge in [0, 0.05) is 24.4 Å². The lowest BCUT2D eigenvalue weighted by atomic mass is 9.49. The van der Waals surface area contributed by atoms with Crippen LogP contribution in [-0.4, -0.2) is 63.3 Å². The van der Waals surface area contributed by atoms with Crippen molar-refractivity contribution in [2.24, 2.45) is 41.2 Å². The number of hydrogen-bond donors (Lipinski definition) is 4. The number of phenolic OH excluding ortho intramolecular Hbond substituents is 1. The van der Waals surface area contributed by atoms with Gasteiger partial charge in [-0.1, -0.05) is 32.0 Å². The molecule has 5 N–H and O–H groups in total. The van der Waals surface area contributed by atoms with E-state index >= 15 is 0 Å². The summed E-state index contributed by atoms with van der Waals surface area (Å²) in [4.78, 5) is 89.7. The molecule has 5 rings (SSSR count). The molecule has 2 saturated carbocycles. The molecule has 44 heavy (non-hydrogen) atoms. The van der Waals surface area contributed by atoms with Crippen molar-refractivity contribution >= 4 is 46.6 Å². The van der Waals surface area contributed by atoms with Gasteiger partial charge < -0.3 is 26.0 Å². The molecule has 12 heteroatoms. The number of aromatic hydroxyl groups is 1. The Morgan fingerprint density at radius 2 is 1.70 bits per heavy atom. The van der Waals surface area contributed by atoms with Gasteiger partial charge in [-0.05, 0) is 59.6 Å². The van der Waals surface area contributed by atoms with E-state index in [-0.39, 0.29) is 24.2 Å². The minimum Gasteiger partial charge on any atom is -0.507 e. The third-order valence-corrected chi connectivity index (χ3v) is 9.08. The number of rotatable bonds is 6. The van der Waals surface area contributed by atoms with Crippen LogP contribution < -0.4 is 11.1 Å². The summed E-state index contributed by atoms with van der Waals surface area (Å²) >= 11 is 0. The third-order valence-electron chi connectivity index (χ3n) is 9.08. The topological polar surface area (TPSA) is 207 Å². The Kier molecular flexibility index (Phi) is 7.75. The molecule has 2 aromatic carbocycles. The average molecular weight is 605 g/mol. The lowest BCUT2D eigenvalue weighted by Crippen LogP contribution is -2.71. The zero-order chi connectivity index (χ0) is 32.2. The maximum Gasteiger partial charge on any atom is 0.303 e. The predicted molar refractivity (Wildman–Crippen MR) is 153 cm³/mol. The molecule has 230 valence electrons. The van der Waals surface area contributed by atoms with Crippen LogP contribution in [0, 0.1) is 35.5 Å². The molecule has 12 nitrogen and oxygen atoms in total. The molecule has 2 aromatic rings. The number of fused-ring (bicyclic) bond motifs is 3. The highest BCUT2D eigenvalue weighted by Crippen LogP contribution is 2.53. The van der Waals surface area contributed by atoms with Gasteiger partial charge in [0.2, 0.25) is 5.91 Å². The molecule has 0 heterocycles. The Morgan fingerprint density at radius 1 is 1.05 bits per heavy atom. The number of esters is 1. The Hall–Kier alpha value is -4.71. The highest BCUT2D eigenvalue weighted by atomic mass is 16.5. The van der Waals surface area contributed by atoms with Crippen molar-refractivity contribution in [1.29, 1.82) is 0 Å². The molecule has 3 aliphatic rings. The van der Waals surface area contributed by atoms with Gasteiger partial charge in [0.15, 0.2) is 41.3 Å². The van der Waals surface area contributed by atoms with E-state index in [1.807, 2.05) is 0 Å². The zero-order valence-corrected chi connectivity index (χ0v) is 24.3. The van der Waals surface area contributed by atoms with Gasteiger partial charge in [0.1, 0.15) is 5.75 Å². The molecule has 2 fully saturated rings. The quantitative estimate of drug-likeness (QED) is 0.275. The maximum atomic E-state index is 14.0. The lowest BCUT2D eigenvalue weighted by molar-refractivity contribution is -0.182. The number of Topliss-reactive ketones (excluding diaryl/α,β-unsaturated/α-hetero) is 4. The lowest BCUT2D eigenvalue weighted by Gasteiger charge is -2.52. The van der Waals surface area contributed by atoms with E-state index in [1.165, 1.54) is 13.0 Å². The fourth-order valence-corrected chi connectivity index (χ4v) is 7.22. The van der Waals surface area contributed by atoms with Crippen molar-refractivity contribution in [3.63, 3.8) is 0 Å². The predicted octanol–water partition coefficient (Wildman–Crippen LogP) is 1.38. The van der Waals surface area contributed by atoms with Gasteiger partial charge in [-0.15, -0.1) is 0 Å². The van der Waals surface area contributed by atoms with Gasteiger partial charge in [-0.3, -0.25) is 33.6 Å². The van der Waals surface area contributed by atoms with E-state index in [9.17, 15) is 43.8 Å². The van der Waals surface area contributed by atoms with Crippen LogP contribution in [0.25, 0.3) is 11.1 Å². The van der Waals surface area contributed by atoms with Crippen LogP contribution >= 0.6 is 0 Å². The number of aliphatic hydroxyl groups is 1. The summed E-state index contributed by atoms with van der Waals surface area (Å²) in [7, 11) is 0. The molecule has 0 radical (unpaired) electrons. The minimum atomic E-state index is -2.75. The Morgan fingerprint density at radius 3 is 2.30 bits per heavy atom. The number of nitrogens with two attached hydrogens (primary N) is 1. The number of ketones is 4. The van der Waals surface area contributed by atoms with Gasteiger partial charge in [0.25, 0.3) is 5.91 Å². The molecular weight excluding hydrogens is 572 g/mol. The molecule has 0 saturated heterocycles. The van der Waals surface area contributed by atoms with Crippen molar-refractivity contribution in [2.75, 3.05) is 11.9 Å². The third kappa shape index (κ3) is 4.79. The van der Waals surface area contributed by atoms with Crippen molar-refractivity contribution in [3.8, 4) is 16.9 Å². The Balaban J connectivity index is 1.52. The zero-order valence-electron chi connectivity index (χ0n) is 24.3. The van der Waals surface area contributed by atoms with Crippen molar-refractivity contribution in [3.05, 3.63) is 47.5 Å². The molecule has 0 bridgehead atoms. The largest absolute Gasteiger partial charge is 0.507 e. The number of phenols is 1. The van der Waals surface area contributed by atoms with Crippen molar-refractivity contribution in [2.45, 2.75) is 39.2 Å². The number of ether oxygens (including phenoxy) is 1. The standard InChI is InChI=1S/C32H32N2O10/c1-13(2)23-20-11-16-10-19-18(15-4-6-17(7-5-15)34-22(37)12-44-14(3)35)8-9-21(36)25(19)28(39)24(16)29(40)32(20,43)30(41)26(27(23)38)31(33)42/h4-9,13,16,20,23-24,26,36,43H,10-12H2,1-3H3,(H2,33,42)(H,34,37)/t16-,20-,23-,24?,26?,32-/m0/s1. The van der Waals surface area contributed by atoms with Crippen molar-refractivity contribution < 1.29 is 48.5 Å². The molecule has 3 aliphatic carbocycles. The van der Waals surface area contributed by atoms with Gasteiger partial charge in [-0.25, -0.2) is 0 Å². The first kappa shape index (κ1) is 30.7. The van der Waals surface area contributed by atoms with Gasteiger partial charge in [0.05, 0.1) is 11.5 Å². The molecule has 6 atom stereocenters. The van der Waals surface area contributed by atoms with Crippen molar-refractivity contribution in [1.82, 2.24) is 0 Å².